The minimum Gasteiger partial charge on any atom is -0.375 e. The van der Waals surface area contributed by atoms with E-state index in [0.29, 0.717) is 23.5 Å². The molecule has 0 saturated heterocycles. The van der Waals surface area contributed by atoms with Gasteiger partial charge < -0.3 is 4.74 Å². The third kappa shape index (κ3) is 5.90. The topological polar surface area (TPSA) is 9.23 Å². The molecule has 1 nitrogen and oxygen atoms in total. The van der Waals surface area contributed by atoms with Crippen LogP contribution < -0.4 is 0 Å². The third-order valence-electron chi connectivity index (χ3n) is 4.01. The van der Waals surface area contributed by atoms with Crippen molar-refractivity contribution in [1.29, 1.82) is 0 Å². The lowest BCUT2D eigenvalue weighted by Crippen LogP contribution is -2.32. The van der Waals surface area contributed by atoms with E-state index in [9.17, 15) is 0 Å². The summed E-state index contributed by atoms with van der Waals surface area (Å²) in [5.41, 5.74) is 0.378. The van der Waals surface area contributed by atoms with Gasteiger partial charge in [-0.3, -0.25) is 0 Å². The molecule has 0 aromatic rings. The Balaban J connectivity index is 2.50. The minimum atomic E-state index is 0.378. The summed E-state index contributed by atoms with van der Waals surface area (Å²) in [6.45, 7) is 11.6. The molecule has 2 unspecified atom stereocenters. The van der Waals surface area contributed by atoms with Crippen LogP contribution in [0.15, 0.2) is 0 Å². The molecule has 1 rings (SSSR count). The molecule has 2 atom stereocenters. The number of rotatable bonds is 5. The first kappa shape index (κ1) is 15.0. The second-order valence-corrected chi connectivity index (χ2v) is 7.08. The summed E-state index contributed by atoms with van der Waals surface area (Å²) in [7, 11) is 0. The van der Waals surface area contributed by atoms with E-state index in [1.54, 1.807) is 0 Å². The second-order valence-electron chi connectivity index (χ2n) is 7.08. The molecule has 102 valence electrons. The van der Waals surface area contributed by atoms with Crippen molar-refractivity contribution in [1.82, 2.24) is 0 Å². The first-order valence-electron chi connectivity index (χ1n) is 7.58. The SMILES string of the molecule is CCC(C)C(CC(C)(C)C)OC1CCCCC1. The Labute approximate surface area is 108 Å². The molecule has 1 aliphatic rings. The molecule has 0 aromatic heterocycles. The summed E-state index contributed by atoms with van der Waals surface area (Å²) in [4.78, 5) is 0. The lowest BCUT2D eigenvalue weighted by Gasteiger charge is -2.34. The van der Waals surface area contributed by atoms with E-state index in [2.05, 4.69) is 34.6 Å². The van der Waals surface area contributed by atoms with Crippen LogP contribution in [-0.2, 0) is 4.74 Å². The van der Waals surface area contributed by atoms with Crippen molar-refractivity contribution < 1.29 is 4.74 Å². The lowest BCUT2D eigenvalue weighted by molar-refractivity contribution is -0.0706. The molecular formula is C16H32O. The summed E-state index contributed by atoms with van der Waals surface area (Å²) in [5, 5.41) is 0. The fourth-order valence-electron chi connectivity index (χ4n) is 2.70. The Morgan fingerprint density at radius 3 is 2.18 bits per heavy atom. The number of hydrogen-bond donors (Lipinski definition) is 0. The van der Waals surface area contributed by atoms with Crippen LogP contribution in [0.4, 0.5) is 0 Å². The predicted octanol–water partition coefficient (Wildman–Crippen LogP) is 5.19. The van der Waals surface area contributed by atoms with E-state index in [-0.39, 0.29) is 0 Å². The Morgan fingerprint density at radius 2 is 1.71 bits per heavy atom. The smallest absolute Gasteiger partial charge is 0.0609 e. The largest absolute Gasteiger partial charge is 0.375 e. The Morgan fingerprint density at radius 1 is 1.12 bits per heavy atom. The summed E-state index contributed by atoms with van der Waals surface area (Å²) < 4.78 is 6.42. The Hall–Kier alpha value is -0.0400. The molecule has 0 N–H and O–H groups in total. The van der Waals surface area contributed by atoms with Crippen LogP contribution in [0.1, 0.15) is 79.6 Å². The summed E-state index contributed by atoms with van der Waals surface area (Å²) in [6, 6.07) is 0. The highest BCUT2D eigenvalue weighted by atomic mass is 16.5. The maximum atomic E-state index is 6.42. The van der Waals surface area contributed by atoms with Crippen molar-refractivity contribution in [2.75, 3.05) is 0 Å². The molecule has 0 amide bonds. The van der Waals surface area contributed by atoms with Crippen molar-refractivity contribution >= 4 is 0 Å². The molecule has 17 heavy (non-hydrogen) atoms. The highest BCUT2D eigenvalue weighted by molar-refractivity contribution is 4.76. The fraction of sp³-hybridized carbons (Fsp3) is 1.00. The quantitative estimate of drug-likeness (QED) is 0.643. The van der Waals surface area contributed by atoms with E-state index in [1.807, 2.05) is 0 Å². The van der Waals surface area contributed by atoms with Crippen LogP contribution in [0.5, 0.6) is 0 Å². The molecule has 0 aromatic carbocycles. The van der Waals surface area contributed by atoms with Crippen molar-refractivity contribution in [2.24, 2.45) is 11.3 Å². The van der Waals surface area contributed by atoms with Gasteiger partial charge in [0.25, 0.3) is 0 Å². The summed E-state index contributed by atoms with van der Waals surface area (Å²) in [5.74, 6) is 0.691. The van der Waals surface area contributed by atoms with Crippen molar-refractivity contribution in [2.45, 2.75) is 91.8 Å². The summed E-state index contributed by atoms with van der Waals surface area (Å²) in [6.07, 6.45) is 10.2. The van der Waals surface area contributed by atoms with E-state index in [1.165, 1.54) is 44.9 Å². The highest BCUT2D eigenvalue weighted by Gasteiger charge is 2.27. The first-order chi connectivity index (χ1) is 7.92. The van der Waals surface area contributed by atoms with Gasteiger partial charge in [-0.1, -0.05) is 60.3 Å². The predicted molar refractivity (Wildman–Crippen MR) is 75.3 cm³/mol. The zero-order valence-corrected chi connectivity index (χ0v) is 12.6. The average molecular weight is 240 g/mol. The van der Waals surface area contributed by atoms with Gasteiger partial charge in [0, 0.05) is 0 Å². The van der Waals surface area contributed by atoms with Crippen LogP contribution >= 0.6 is 0 Å². The van der Waals surface area contributed by atoms with Gasteiger partial charge in [0.15, 0.2) is 0 Å². The van der Waals surface area contributed by atoms with Crippen LogP contribution in [0.25, 0.3) is 0 Å². The van der Waals surface area contributed by atoms with E-state index in [0.717, 1.165) is 0 Å². The number of hydrogen-bond acceptors (Lipinski definition) is 1. The van der Waals surface area contributed by atoms with Gasteiger partial charge in [-0.15, -0.1) is 0 Å². The van der Waals surface area contributed by atoms with E-state index in [4.69, 9.17) is 4.74 Å². The van der Waals surface area contributed by atoms with E-state index >= 15 is 0 Å². The second kappa shape index (κ2) is 6.78. The third-order valence-corrected chi connectivity index (χ3v) is 4.01. The van der Waals surface area contributed by atoms with Gasteiger partial charge in [-0.25, -0.2) is 0 Å². The fourth-order valence-corrected chi connectivity index (χ4v) is 2.70. The molecule has 0 bridgehead atoms. The van der Waals surface area contributed by atoms with Crippen LogP contribution in [0, 0.1) is 11.3 Å². The minimum absolute atomic E-state index is 0.378. The van der Waals surface area contributed by atoms with Gasteiger partial charge in [0.05, 0.1) is 12.2 Å². The van der Waals surface area contributed by atoms with Gasteiger partial charge in [-0.2, -0.15) is 0 Å². The molecule has 1 saturated carbocycles. The standard InChI is InChI=1S/C16H32O/c1-6-13(2)15(12-16(3,4)5)17-14-10-8-7-9-11-14/h13-15H,6-12H2,1-5H3. The molecular weight excluding hydrogens is 208 g/mol. The normalized spacial score (nSPS) is 22.4. The van der Waals surface area contributed by atoms with Crippen molar-refractivity contribution in [3.8, 4) is 0 Å². The van der Waals surface area contributed by atoms with Crippen molar-refractivity contribution in [3.05, 3.63) is 0 Å². The van der Waals surface area contributed by atoms with Crippen LogP contribution in [-0.4, -0.2) is 12.2 Å². The van der Waals surface area contributed by atoms with Crippen LogP contribution in [0.3, 0.4) is 0 Å². The molecule has 1 heteroatoms. The molecule has 0 radical (unpaired) electrons. The molecule has 0 aliphatic heterocycles. The Kier molecular flexibility index (Phi) is 5.99. The van der Waals surface area contributed by atoms with Crippen molar-refractivity contribution in [3.63, 3.8) is 0 Å². The van der Waals surface area contributed by atoms with Gasteiger partial charge in [0.1, 0.15) is 0 Å². The Bertz CT molecular complexity index is 198. The number of ether oxygens (including phenoxy) is 1. The molecule has 1 aliphatic carbocycles. The van der Waals surface area contributed by atoms with Gasteiger partial charge in [0.2, 0.25) is 0 Å². The zero-order chi connectivity index (χ0) is 12.9. The highest BCUT2D eigenvalue weighted by Crippen LogP contribution is 2.31. The van der Waals surface area contributed by atoms with Gasteiger partial charge >= 0.3 is 0 Å². The maximum absolute atomic E-state index is 6.42. The average Bonchev–Trinajstić information content (AvgIpc) is 2.27. The van der Waals surface area contributed by atoms with E-state index < -0.39 is 0 Å². The zero-order valence-electron chi connectivity index (χ0n) is 12.6. The van der Waals surface area contributed by atoms with Crippen LogP contribution in [0.2, 0.25) is 0 Å². The molecule has 0 spiro atoms. The first-order valence-corrected chi connectivity index (χ1v) is 7.58. The lowest BCUT2D eigenvalue weighted by atomic mass is 9.84. The van der Waals surface area contributed by atoms with Gasteiger partial charge in [-0.05, 0) is 30.6 Å². The molecule has 0 heterocycles. The monoisotopic (exact) mass is 240 g/mol. The summed E-state index contributed by atoms with van der Waals surface area (Å²) >= 11 is 0. The maximum Gasteiger partial charge on any atom is 0.0609 e. The molecule has 1 fully saturated rings.